The smallest absolute Gasteiger partial charge is 0.329 e. The molecule has 22 heteroatoms. The highest BCUT2D eigenvalue weighted by atomic mass is 16.5. The van der Waals surface area contributed by atoms with E-state index >= 15 is 0 Å². The van der Waals surface area contributed by atoms with Crippen LogP contribution in [0, 0.1) is 5.92 Å². The molecule has 22 nitrogen and oxygen atoms in total. The number of phenols is 1. The van der Waals surface area contributed by atoms with Crippen molar-refractivity contribution in [3.05, 3.63) is 77.5 Å². The molecule has 3 heterocycles. The van der Waals surface area contributed by atoms with Crippen LogP contribution in [-0.4, -0.2) is 167 Å². The first-order valence-electron chi connectivity index (χ1n) is 23.3. The van der Waals surface area contributed by atoms with Gasteiger partial charge in [0.2, 0.25) is 35.4 Å². The van der Waals surface area contributed by atoms with Gasteiger partial charge in [-0.25, -0.2) is 4.79 Å². The van der Waals surface area contributed by atoms with Crippen molar-refractivity contribution in [2.45, 2.75) is 115 Å². The number of benzene rings is 2. The lowest BCUT2D eigenvalue weighted by Crippen LogP contribution is -2.64. The number of allylic oxidation sites excluding steroid dienone is 1. The summed E-state index contributed by atoms with van der Waals surface area (Å²) in [4.78, 5) is 130. The van der Waals surface area contributed by atoms with Gasteiger partial charge in [0.15, 0.2) is 0 Å². The maximum atomic E-state index is 15.0. The van der Waals surface area contributed by atoms with E-state index in [1.165, 1.54) is 39.1 Å². The van der Waals surface area contributed by atoms with Gasteiger partial charge in [0.05, 0.1) is 19.8 Å². The van der Waals surface area contributed by atoms with Crippen LogP contribution in [-0.2, 0) is 65.5 Å². The molecule has 3 aliphatic heterocycles. The monoisotopic (exact) mass is 975 g/mol. The summed E-state index contributed by atoms with van der Waals surface area (Å²) in [5.74, 6) is -8.58. The van der Waals surface area contributed by atoms with Gasteiger partial charge in [-0.05, 0) is 62.3 Å². The molecule has 8 amide bonds. The third-order valence-corrected chi connectivity index (χ3v) is 12.4. The van der Waals surface area contributed by atoms with Gasteiger partial charge in [0.1, 0.15) is 60.0 Å². The second-order valence-electron chi connectivity index (χ2n) is 17.9. The van der Waals surface area contributed by atoms with Crippen molar-refractivity contribution < 1.29 is 62.8 Å². The van der Waals surface area contributed by atoms with Crippen LogP contribution in [0.1, 0.15) is 64.5 Å². The van der Waals surface area contributed by atoms with Crippen molar-refractivity contribution in [1.82, 2.24) is 41.3 Å². The average Bonchev–Trinajstić information content (AvgIpc) is 3.32. The Hall–Kier alpha value is -6.91. The molecule has 70 heavy (non-hydrogen) atoms. The molecule has 3 fully saturated rings. The molecular formula is C48H65N9O13. The molecule has 2 aromatic rings. The lowest BCUT2D eigenvalue weighted by molar-refractivity contribution is -0.165. The number of nitrogens with zero attached hydrogens (tertiary/aromatic N) is 3. The number of likely N-dealkylation sites (N-methyl/N-ethyl adjacent to an activating group) is 1. The van der Waals surface area contributed by atoms with Gasteiger partial charge in [-0.15, -0.1) is 0 Å². The molecule has 0 spiro atoms. The van der Waals surface area contributed by atoms with Crippen LogP contribution >= 0.6 is 0 Å². The lowest BCUT2D eigenvalue weighted by atomic mass is 9.95. The normalized spacial score (nSPS) is 25.6. The highest BCUT2D eigenvalue weighted by Gasteiger charge is 2.45. The van der Waals surface area contributed by atoms with E-state index in [9.17, 15) is 53.4 Å². The second-order valence-corrected chi connectivity index (χ2v) is 17.9. The van der Waals surface area contributed by atoms with Crippen molar-refractivity contribution in [1.29, 1.82) is 0 Å². The molecule has 0 saturated carbocycles. The van der Waals surface area contributed by atoms with Gasteiger partial charge in [0.25, 0.3) is 11.8 Å². The summed E-state index contributed by atoms with van der Waals surface area (Å²) in [6.07, 6.45) is -2.89. The van der Waals surface area contributed by atoms with Gasteiger partial charge in [0, 0.05) is 39.4 Å². The average molecular weight is 976 g/mol. The minimum atomic E-state index is -1.80. The van der Waals surface area contributed by atoms with E-state index in [0.717, 1.165) is 9.80 Å². The number of nitrogens with one attached hydrogen (secondary N) is 5. The molecule has 0 radical (unpaired) electrons. The third kappa shape index (κ3) is 14.6. The molecule has 2 bridgehead atoms. The van der Waals surface area contributed by atoms with Gasteiger partial charge >= 0.3 is 5.97 Å². The Bertz CT molecular complexity index is 2250. The number of phenolic OH excluding ortho intramolecular Hbond substituents is 1. The van der Waals surface area contributed by atoms with Crippen molar-refractivity contribution in [2.75, 3.05) is 39.9 Å². The largest absolute Gasteiger partial charge is 0.508 e. The number of morpholine rings is 1. The Labute approximate surface area is 406 Å². The molecular weight excluding hydrogens is 911 g/mol. The van der Waals surface area contributed by atoms with Crippen LogP contribution in [0.25, 0.3) is 0 Å². The number of amides is 8. The zero-order valence-corrected chi connectivity index (χ0v) is 40.1. The Balaban J connectivity index is 1.56. The first-order chi connectivity index (χ1) is 33.3. The topological polar surface area (TPSA) is 308 Å². The maximum absolute atomic E-state index is 15.0. The van der Waals surface area contributed by atoms with E-state index in [2.05, 4.69) is 26.6 Å². The van der Waals surface area contributed by atoms with E-state index in [1.807, 2.05) is 0 Å². The van der Waals surface area contributed by atoms with Crippen LogP contribution in [0.2, 0.25) is 0 Å². The lowest BCUT2D eigenvalue weighted by Gasteiger charge is -2.43. The summed E-state index contributed by atoms with van der Waals surface area (Å²) in [7, 11) is 1.35. The first kappa shape index (κ1) is 54.0. The molecule has 0 unspecified atom stereocenters. The van der Waals surface area contributed by atoms with Gasteiger partial charge in [-0.2, -0.15) is 0 Å². The fourth-order valence-corrected chi connectivity index (χ4v) is 8.38. The number of rotatable bonds is 13. The van der Waals surface area contributed by atoms with Crippen LogP contribution in [0.4, 0.5) is 0 Å². The molecule has 0 aromatic heterocycles. The number of hydrogen-bond acceptors (Lipinski definition) is 14. The fraction of sp³-hybridized carbons (Fsp3) is 0.521. The molecule has 8 atom stereocenters. The minimum Gasteiger partial charge on any atom is -0.508 e. The van der Waals surface area contributed by atoms with Crippen molar-refractivity contribution in [3.8, 4) is 5.75 Å². The second kappa shape index (κ2) is 25.1. The number of esters is 1. The summed E-state index contributed by atoms with van der Waals surface area (Å²) in [5.41, 5.74) is 6.12. The molecule has 3 aliphatic rings. The van der Waals surface area contributed by atoms with Gasteiger partial charge in [-0.3, -0.25) is 43.3 Å². The Morgan fingerprint density at radius 3 is 2.16 bits per heavy atom. The number of piperidine rings is 1. The van der Waals surface area contributed by atoms with E-state index in [0.29, 0.717) is 37.4 Å². The standard InChI is InChI=1S/C48H65N9O13/c1-6-32-42(62)52-34-17-19-39(61)57(46(34)66)36(25-29-10-8-7-9-11-29)47(67)55(5)35(24-30-12-14-31(58)15-13-30)44(64)53-40(27(2)3)48(68)70-28(4)41(45(65)51-32)54-43(63)33(16-18-37(49)59)50-38(60)26-56-20-22-69-23-21-56/h6-15,27-28,33-36,39-41,58,61H,16-26H2,1-5H3,(H2,49,59)(H,50,60)(H,51,65)(H,52,62)(H,53,64)(H,54,63)/b32-6-/t28-,33+,34+,35+,36+,39-,40+,41+/m1/s1. The minimum absolute atomic E-state index is 0.0588. The Kier molecular flexibility index (Phi) is 19.4. The first-order valence-corrected chi connectivity index (χ1v) is 23.3. The van der Waals surface area contributed by atoms with Crippen LogP contribution in [0.15, 0.2) is 66.4 Å². The zero-order valence-electron chi connectivity index (χ0n) is 40.1. The predicted octanol–water partition coefficient (Wildman–Crippen LogP) is -1.53. The number of aliphatic hydroxyl groups excluding tert-OH is 1. The van der Waals surface area contributed by atoms with Crippen LogP contribution in [0.5, 0.6) is 5.75 Å². The summed E-state index contributed by atoms with van der Waals surface area (Å²) < 4.78 is 11.2. The molecule has 3 saturated heterocycles. The maximum Gasteiger partial charge on any atom is 0.329 e. The highest BCUT2D eigenvalue weighted by molar-refractivity contribution is 6.02. The number of ether oxygens (including phenoxy) is 2. The number of carbonyl (C=O) groups excluding carboxylic acids is 9. The Morgan fingerprint density at radius 2 is 1.53 bits per heavy atom. The number of carbonyl (C=O) groups is 9. The number of hydrogen-bond donors (Lipinski definition) is 8. The molecule has 9 N–H and O–H groups in total. The van der Waals surface area contributed by atoms with E-state index in [-0.39, 0.29) is 50.8 Å². The summed E-state index contributed by atoms with van der Waals surface area (Å²) >= 11 is 0. The van der Waals surface area contributed by atoms with Gasteiger partial charge in [-0.1, -0.05) is 62.4 Å². The zero-order chi connectivity index (χ0) is 51.2. The van der Waals surface area contributed by atoms with E-state index in [1.54, 1.807) is 61.2 Å². The summed E-state index contributed by atoms with van der Waals surface area (Å²) in [6.45, 7) is 7.49. The fourth-order valence-electron chi connectivity index (χ4n) is 8.38. The Morgan fingerprint density at radius 1 is 0.886 bits per heavy atom. The molecule has 0 aliphatic carbocycles. The summed E-state index contributed by atoms with van der Waals surface area (Å²) in [5, 5.41) is 34.4. The predicted molar refractivity (Wildman–Crippen MR) is 250 cm³/mol. The number of cyclic esters (lactones) is 1. The van der Waals surface area contributed by atoms with Crippen LogP contribution < -0.4 is 32.3 Å². The number of fused-ring (bicyclic) bond motifs is 2. The van der Waals surface area contributed by atoms with Crippen molar-refractivity contribution in [3.63, 3.8) is 0 Å². The number of primary amides is 1. The molecule has 380 valence electrons. The number of nitrogens with two attached hydrogens (primary N) is 1. The number of aliphatic hydroxyl groups is 1. The molecule has 2 aromatic carbocycles. The quantitative estimate of drug-likeness (QED) is 0.0835. The molecule has 5 rings (SSSR count). The van der Waals surface area contributed by atoms with Crippen molar-refractivity contribution >= 4 is 53.2 Å². The third-order valence-electron chi connectivity index (χ3n) is 12.4. The number of aromatic hydroxyl groups is 1. The van der Waals surface area contributed by atoms with Crippen molar-refractivity contribution in [2.24, 2.45) is 11.7 Å². The van der Waals surface area contributed by atoms with Crippen LogP contribution in [0.3, 0.4) is 0 Å². The van der Waals surface area contributed by atoms with Gasteiger partial charge < -0.3 is 61.8 Å². The van der Waals surface area contributed by atoms with E-state index < -0.39 is 113 Å². The summed E-state index contributed by atoms with van der Waals surface area (Å²) in [6, 6.07) is 5.75. The SMILES string of the molecule is C/C=C1\NC(=O)[C@@H](NC(=O)[C@H](CCC(N)=O)NC(=O)CN2CCOCC2)[C@@H](C)OC(=O)[C@H](C(C)C)NC(=O)[C@H](Cc2ccc(O)cc2)N(C)C(=O)[C@H](Cc2ccccc2)N2C(=O)[C@H](CC[C@H]2O)NC1=O. The highest BCUT2D eigenvalue weighted by Crippen LogP contribution is 2.25. The van der Waals surface area contributed by atoms with E-state index in [4.69, 9.17) is 15.2 Å².